The normalized spacial score (nSPS) is 16.9. The maximum Gasteiger partial charge on any atom is 0.432 e. The van der Waals surface area contributed by atoms with E-state index in [9.17, 15) is 35.1 Å². The smallest absolute Gasteiger partial charge is 0.429 e. The molecule has 10 heteroatoms. The minimum Gasteiger partial charge on any atom is -0.429 e. The minimum atomic E-state index is -4.65. The lowest BCUT2D eigenvalue weighted by molar-refractivity contribution is -0.189. The molecule has 0 aromatic heterocycles. The summed E-state index contributed by atoms with van der Waals surface area (Å²) in [6.45, 7) is 3.74. The van der Waals surface area contributed by atoms with Crippen molar-refractivity contribution in [1.82, 2.24) is 0 Å². The Balaban J connectivity index is 1.34. The van der Waals surface area contributed by atoms with Gasteiger partial charge in [0.05, 0.1) is 0 Å². The van der Waals surface area contributed by atoms with Crippen LogP contribution in [0.1, 0.15) is 55.6 Å². The number of benzene rings is 4. The van der Waals surface area contributed by atoms with Crippen molar-refractivity contribution < 1.29 is 44.3 Å². The number of allylic oxidation sites excluding steroid dienone is 1. The van der Waals surface area contributed by atoms with Gasteiger partial charge in [0.15, 0.2) is 17.5 Å². The highest BCUT2D eigenvalue weighted by Gasteiger charge is 2.41. The van der Waals surface area contributed by atoms with Gasteiger partial charge in [0.2, 0.25) is 0 Å². The van der Waals surface area contributed by atoms with E-state index >= 15 is 4.39 Å². The third kappa shape index (κ3) is 6.89. The highest BCUT2D eigenvalue weighted by Crippen LogP contribution is 2.41. The van der Waals surface area contributed by atoms with Gasteiger partial charge in [-0.05, 0) is 110 Å². The Bertz CT molecular complexity index is 1680. The van der Waals surface area contributed by atoms with Gasteiger partial charge in [-0.1, -0.05) is 18.2 Å². The van der Waals surface area contributed by atoms with Gasteiger partial charge in [-0.15, -0.1) is 6.58 Å². The van der Waals surface area contributed by atoms with Gasteiger partial charge < -0.3 is 4.74 Å². The Hall–Kier alpha value is -4.21. The zero-order valence-electron chi connectivity index (χ0n) is 23.8. The Kier molecular flexibility index (Phi) is 9.32. The molecule has 0 heterocycles. The molecule has 0 amide bonds. The molecule has 0 aliphatic heterocycles. The molecule has 1 saturated carbocycles. The van der Waals surface area contributed by atoms with Crippen LogP contribution in [0.15, 0.2) is 73.3 Å². The molecule has 45 heavy (non-hydrogen) atoms. The summed E-state index contributed by atoms with van der Waals surface area (Å²) in [6, 6.07) is 8.47. The van der Waals surface area contributed by atoms with Crippen LogP contribution in [0.25, 0.3) is 22.3 Å². The molecule has 1 fully saturated rings. The third-order valence-corrected chi connectivity index (χ3v) is 8.22. The molecule has 0 atom stereocenters. The lowest BCUT2D eigenvalue weighted by Gasteiger charge is -2.28. The van der Waals surface area contributed by atoms with Crippen molar-refractivity contribution in [2.24, 2.45) is 5.92 Å². The Labute approximate surface area is 254 Å². The van der Waals surface area contributed by atoms with Gasteiger partial charge in [0.1, 0.15) is 34.6 Å². The van der Waals surface area contributed by atoms with E-state index in [1.165, 1.54) is 12.1 Å². The van der Waals surface area contributed by atoms with Crippen molar-refractivity contribution >= 4 is 0 Å². The SMILES string of the molecule is C=CCCC1CCC(c2ccc(-c3cc(F)c(C(F)(F)Oc4ccc(-c5cc(F)c(F)c(F)c5)c(F)c4)c(F)c3)c(F)c2)CC1. The van der Waals surface area contributed by atoms with E-state index < -0.39 is 69.3 Å². The highest BCUT2D eigenvalue weighted by molar-refractivity contribution is 5.66. The summed E-state index contributed by atoms with van der Waals surface area (Å²) in [4.78, 5) is 0. The fourth-order valence-electron chi connectivity index (χ4n) is 5.87. The number of ether oxygens (including phenoxy) is 1. The molecule has 0 spiro atoms. The van der Waals surface area contributed by atoms with Gasteiger partial charge in [0, 0.05) is 17.2 Å². The maximum absolute atomic E-state index is 15.2. The molecule has 0 unspecified atom stereocenters. The van der Waals surface area contributed by atoms with Gasteiger partial charge in [-0.3, -0.25) is 0 Å². The van der Waals surface area contributed by atoms with Crippen molar-refractivity contribution in [3.05, 3.63) is 125 Å². The number of halogens is 9. The molecule has 1 nitrogen and oxygen atoms in total. The number of rotatable bonds is 9. The Morgan fingerprint density at radius 2 is 1.20 bits per heavy atom. The van der Waals surface area contributed by atoms with Crippen LogP contribution in [-0.4, -0.2) is 0 Å². The summed E-state index contributed by atoms with van der Waals surface area (Å²) in [6.07, 6.45) is 3.00. The van der Waals surface area contributed by atoms with Crippen LogP contribution in [0.4, 0.5) is 39.5 Å². The van der Waals surface area contributed by atoms with E-state index in [0.717, 1.165) is 56.2 Å². The third-order valence-electron chi connectivity index (χ3n) is 8.22. The minimum absolute atomic E-state index is 0.136. The van der Waals surface area contributed by atoms with E-state index in [2.05, 4.69) is 11.3 Å². The summed E-state index contributed by atoms with van der Waals surface area (Å²) in [5, 5.41) is 0. The molecule has 1 aliphatic carbocycles. The van der Waals surface area contributed by atoms with E-state index in [1.807, 2.05) is 6.08 Å². The lowest BCUT2D eigenvalue weighted by atomic mass is 9.77. The monoisotopic (exact) mass is 634 g/mol. The van der Waals surface area contributed by atoms with Crippen LogP contribution >= 0.6 is 0 Å². The first-order chi connectivity index (χ1) is 21.4. The van der Waals surface area contributed by atoms with Gasteiger partial charge in [-0.25, -0.2) is 30.7 Å². The first-order valence-corrected chi connectivity index (χ1v) is 14.3. The van der Waals surface area contributed by atoms with Crippen LogP contribution in [0.3, 0.4) is 0 Å². The van der Waals surface area contributed by atoms with Crippen LogP contribution in [0, 0.1) is 46.6 Å². The number of hydrogen-bond acceptors (Lipinski definition) is 1. The molecule has 4 aromatic rings. The fraction of sp³-hybridized carbons (Fsp3) is 0.257. The zero-order valence-corrected chi connectivity index (χ0v) is 23.8. The highest BCUT2D eigenvalue weighted by atomic mass is 19.3. The Morgan fingerprint density at radius 3 is 1.73 bits per heavy atom. The molecular weight excluding hydrogens is 607 g/mol. The van der Waals surface area contributed by atoms with Crippen molar-refractivity contribution in [3.8, 4) is 28.0 Å². The van der Waals surface area contributed by atoms with Gasteiger partial charge in [-0.2, -0.15) is 8.78 Å². The summed E-state index contributed by atoms with van der Waals surface area (Å²) in [7, 11) is 0. The average molecular weight is 635 g/mol. The molecule has 0 radical (unpaired) electrons. The molecular formula is C35H27F9O. The fourth-order valence-corrected chi connectivity index (χ4v) is 5.87. The van der Waals surface area contributed by atoms with Crippen molar-refractivity contribution in [2.75, 3.05) is 0 Å². The molecule has 1 aliphatic rings. The van der Waals surface area contributed by atoms with Crippen LogP contribution in [0.2, 0.25) is 0 Å². The second-order valence-electron chi connectivity index (χ2n) is 11.2. The lowest BCUT2D eigenvalue weighted by Crippen LogP contribution is -2.25. The second kappa shape index (κ2) is 13.0. The second-order valence-corrected chi connectivity index (χ2v) is 11.2. The predicted octanol–water partition coefficient (Wildman–Crippen LogP) is 11.4. The van der Waals surface area contributed by atoms with E-state index in [-0.39, 0.29) is 17.0 Å². The van der Waals surface area contributed by atoms with Crippen LogP contribution in [0.5, 0.6) is 5.75 Å². The van der Waals surface area contributed by atoms with Gasteiger partial charge >= 0.3 is 6.11 Å². The number of hydrogen-bond donors (Lipinski definition) is 0. The topological polar surface area (TPSA) is 9.23 Å². The molecule has 236 valence electrons. The standard InChI is InChI=1S/C35H27F9O/c1-2-3-4-19-5-7-20(8-6-19)21-9-11-25(27(36)13-21)22-14-29(38)33(30(39)15-22)35(43,44)45-24-10-12-26(28(37)18-24)23-16-31(40)34(42)32(41)17-23/h2,9-20H,1,3-8H2. The molecule has 5 rings (SSSR count). The largest absolute Gasteiger partial charge is 0.432 e. The summed E-state index contributed by atoms with van der Waals surface area (Å²) in [5.41, 5.74) is -2.43. The van der Waals surface area contributed by atoms with E-state index in [1.54, 1.807) is 6.07 Å². The van der Waals surface area contributed by atoms with E-state index in [0.29, 0.717) is 36.2 Å². The summed E-state index contributed by atoms with van der Waals surface area (Å²) < 4.78 is 135. The Morgan fingerprint density at radius 1 is 0.667 bits per heavy atom. The summed E-state index contributed by atoms with van der Waals surface area (Å²) >= 11 is 0. The predicted molar refractivity (Wildman–Crippen MR) is 152 cm³/mol. The van der Waals surface area contributed by atoms with Crippen molar-refractivity contribution in [2.45, 2.75) is 50.6 Å². The average Bonchev–Trinajstić information content (AvgIpc) is 2.98. The molecule has 0 saturated heterocycles. The van der Waals surface area contributed by atoms with E-state index in [4.69, 9.17) is 0 Å². The van der Waals surface area contributed by atoms with Crippen LogP contribution in [-0.2, 0) is 6.11 Å². The molecule has 0 bridgehead atoms. The molecule has 0 N–H and O–H groups in total. The first-order valence-electron chi connectivity index (χ1n) is 14.3. The quantitative estimate of drug-likeness (QED) is 0.101. The maximum atomic E-state index is 15.2. The first kappa shape index (κ1) is 32.2. The van der Waals surface area contributed by atoms with Crippen molar-refractivity contribution in [1.29, 1.82) is 0 Å². The summed E-state index contributed by atoms with van der Waals surface area (Å²) in [5.74, 6) is -10.6. The van der Waals surface area contributed by atoms with Crippen molar-refractivity contribution in [3.63, 3.8) is 0 Å². The van der Waals surface area contributed by atoms with Crippen LogP contribution < -0.4 is 4.74 Å². The zero-order chi connectivity index (χ0) is 32.5. The number of alkyl halides is 2. The molecule has 4 aromatic carbocycles. The van der Waals surface area contributed by atoms with Gasteiger partial charge in [0.25, 0.3) is 0 Å².